The van der Waals surface area contributed by atoms with Crippen molar-refractivity contribution in [1.29, 1.82) is 0 Å². The van der Waals surface area contributed by atoms with E-state index in [1.807, 2.05) is 38.1 Å². The maximum absolute atomic E-state index is 11.8. The highest BCUT2D eigenvalue weighted by Gasteiger charge is 2.39. The standard InChI is InChI=1S/C17H23NO4/c1-3-22-14-6-4-12(5-7-14)9-13(17(20)21)10-18-16(19)15-8-11(15)2/h4-7,11,13,15H,3,8-10H2,1-2H3,(H,18,19)(H,20,21)/t11-,13+,15-/m0/s1. The molecule has 1 aromatic carbocycles. The number of hydrogen-bond donors (Lipinski definition) is 2. The van der Waals surface area contributed by atoms with Crippen molar-refractivity contribution in [1.82, 2.24) is 5.32 Å². The van der Waals surface area contributed by atoms with E-state index in [0.717, 1.165) is 17.7 Å². The Hall–Kier alpha value is -2.04. The Labute approximate surface area is 130 Å². The van der Waals surface area contributed by atoms with Crippen LogP contribution in [0.3, 0.4) is 0 Å². The molecule has 1 saturated carbocycles. The van der Waals surface area contributed by atoms with E-state index >= 15 is 0 Å². The van der Waals surface area contributed by atoms with Crippen LogP contribution in [0.1, 0.15) is 25.8 Å². The first kappa shape index (κ1) is 16.3. The maximum Gasteiger partial charge on any atom is 0.308 e. The number of carboxylic acids is 1. The second-order valence-electron chi connectivity index (χ2n) is 5.88. The lowest BCUT2D eigenvalue weighted by Crippen LogP contribution is -2.35. The fraction of sp³-hybridized carbons (Fsp3) is 0.529. The maximum atomic E-state index is 11.8. The lowest BCUT2D eigenvalue weighted by molar-refractivity contribution is -0.141. The summed E-state index contributed by atoms with van der Waals surface area (Å²) < 4.78 is 5.36. The quantitative estimate of drug-likeness (QED) is 0.771. The summed E-state index contributed by atoms with van der Waals surface area (Å²) >= 11 is 0. The van der Waals surface area contributed by atoms with Crippen LogP contribution in [-0.4, -0.2) is 30.1 Å². The van der Waals surface area contributed by atoms with E-state index in [0.29, 0.717) is 18.9 Å². The van der Waals surface area contributed by atoms with Gasteiger partial charge in [0.2, 0.25) is 5.91 Å². The fourth-order valence-electron chi connectivity index (χ4n) is 2.46. The predicted octanol–water partition coefficient (Wildman–Crippen LogP) is 2.10. The van der Waals surface area contributed by atoms with Crippen LogP contribution < -0.4 is 10.1 Å². The van der Waals surface area contributed by atoms with Crippen molar-refractivity contribution in [2.24, 2.45) is 17.8 Å². The minimum Gasteiger partial charge on any atom is -0.494 e. The van der Waals surface area contributed by atoms with E-state index in [4.69, 9.17) is 4.74 Å². The third kappa shape index (κ3) is 4.48. The molecule has 1 aliphatic carbocycles. The zero-order valence-electron chi connectivity index (χ0n) is 13.0. The highest BCUT2D eigenvalue weighted by Crippen LogP contribution is 2.37. The number of ether oxygens (including phenoxy) is 1. The summed E-state index contributed by atoms with van der Waals surface area (Å²) in [7, 11) is 0. The molecule has 0 radical (unpaired) electrons. The Kier molecular flexibility index (Phi) is 5.41. The molecular formula is C17H23NO4. The topological polar surface area (TPSA) is 75.6 Å². The SMILES string of the molecule is CCOc1ccc(C[C@H](CNC(=O)[C@H]2C[C@@H]2C)C(=O)O)cc1. The molecule has 22 heavy (non-hydrogen) atoms. The molecule has 0 aromatic heterocycles. The smallest absolute Gasteiger partial charge is 0.308 e. The van der Waals surface area contributed by atoms with E-state index in [2.05, 4.69) is 5.32 Å². The predicted molar refractivity (Wildman–Crippen MR) is 82.7 cm³/mol. The molecule has 2 rings (SSSR count). The molecule has 5 nitrogen and oxygen atoms in total. The fourth-order valence-corrected chi connectivity index (χ4v) is 2.46. The average molecular weight is 305 g/mol. The van der Waals surface area contributed by atoms with Gasteiger partial charge in [0.15, 0.2) is 0 Å². The Morgan fingerprint density at radius 2 is 2.00 bits per heavy atom. The molecule has 0 aliphatic heterocycles. The van der Waals surface area contributed by atoms with Gasteiger partial charge in [0.25, 0.3) is 0 Å². The van der Waals surface area contributed by atoms with Crippen LogP contribution >= 0.6 is 0 Å². The van der Waals surface area contributed by atoms with Crippen molar-refractivity contribution in [3.05, 3.63) is 29.8 Å². The van der Waals surface area contributed by atoms with E-state index < -0.39 is 11.9 Å². The van der Waals surface area contributed by atoms with Crippen LogP contribution in [0, 0.1) is 17.8 Å². The van der Waals surface area contributed by atoms with Crippen LogP contribution in [0.15, 0.2) is 24.3 Å². The monoisotopic (exact) mass is 305 g/mol. The molecule has 5 heteroatoms. The normalized spacial score (nSPS) is 21.0. The van der Waals surface area contributed by atoms with Gasteiger partial charge < -0.3 is 15.2 Å². The van der Waals surface area contributed by atoms with Crippen LogP contribution in [0.2, 0.25) is 0 Å². The van der Waals surface area contributed by atoms with Gasteiger partial charge in [-0.05, 0) is 43.4 Å². The molecule has 1 aromatic rings. The molecule has 0 saturated heterocycles. The van der Waals surface area contributed by atoms with Gasteiger partial charge in [-0.25, -0.2) is 0 Å². The lowest BCUT2D eigenvalue weighted by atomic mass is 9.99. The van der Waals surface area contributed by atoms with Crippen molar-refractivity contribution < 1.29 is 19.4 Å². The zero-order valence-corrected chi connectivity index (χ0v) is 13.0. The van der Waals surface area contributed by atoms with E-state index in [1.165, 1.54) is 0 Å². The summed E-state index contributed by atoms with van der Waals surface area (Å²) in [5.74, 6) is -0.261. The van der Waals surface area contributed by atoms with Crippen molar-refractivity contribution in [3.63, 3.8) is 0 Å². The molecular weight excluding hydrogens is 282 g/mol. The Balaban J connectivity index is 1.87. The van der Waals surface area contributed by atoms with Crippen molar-refractivity contribution in [3.8, 4) is 5.75 Å². The number of amides is 1. The molecule has 0 heterocycles. The number of hydrogen-bond acceptors (Lipinski definition) is 3. The number of rotatable bonds is 8. The first-order chi connectivity index (χ1) is 10.5. The zero-order chi connectivity index (χ0) is 16.1. The number of carbonyl (C=O) groups is 2. The second-order valence-corrected chi connectivity index (χ2v) is 5.88. The highest BCUT2D eigenvalue weighted by molar-refractivity contribution is 5.82. The summed E-state index contributed by atoms with van der Waals surface area (Å²) in [5.41, 5.74) is 0.921. The van der Waals surface area contributed by atoms with Gasteiger partial charge in [0, 0.05) is 12.5 Å². The summed E-state index contributed by atoms with van der Waals surface area (Å²) in [6.07, 6.45) is 1.30. The number of carbonyl (C=O) groups excluding carboxylic acids is 1. The van der Waals surface area contributed by atoms with Crippen molar-refractivity contribution >= 4 is 11.9 Å². The molecule has 1 amide bonds. The number of carboxylic acid groups (broad SMARTS) is 1. The largest absolute Gasteiger partial charge is 0.494 e. The minimum absolute atomic E-state index is 0.0227. The highest BCUT2D eigenvalue weighted by atomic mass is 16.5. The Bertz CT molecular complexity index is 526. The summed E-state index contributed by atoms with van der Waals surface area (Å²) in [4.78, 5) is 23.2. The number of benzene rings is 1. The van der Waals surface area contributed by atoms with Gasteiger partial charge >= 0.3 is 5.97 Å². The van der Waals surface area contributed by atoms with Gasteiger partial charge in [0.05, 0.1) is 12.5 Å². The number of nitrogens with one attached hydrogen (secondary N) is 1. The summed E-state index contributed by atoms with van der Waals surface area (Å²) in [6, 6.07) is 7.40. The van der Waals surface area contributed by atoms with Crippen LogP contribution in [0.5, 0.6) is 5.75 Å². The first-order valence-corrected chi connectivity index (χ1v) is 7.73. The van der Waals surface area contributed by atoms with Crippen molar-refractivity contribution in [2.75, 3.05) is 13.2 Å². The third-order valence-corrected chi connectivity index (χ3v) is 4.03. The number of aliphatic carboxylic acids is 1. The molecule has 0 unspecified atom stereocenters. The average Bonchev–Trinajstić information content (AvgIpc) is 3.22. The molecule has 3 atom stereocenters. The summed E-state index contributed by atoms with van der Waals surface area (Å²) in [5, 5.41) is 12.1. The van der Waals surface area contributed by atoms with E-state index in [1.54, 1.807) is 0 Å². The Morgan fingerprint density at radius 1 is 1.36 bits per heavy atom. The Morgan fingerprint density at radius 3 is 2.50 bits per heavy atom. The molecule has 120 valence electrons. The first-order valence-electron chi connectivity index (χ1n) is 7.73. The molecule has 0 spiro atoms. The lowest BCUT2D eigenvalue weighted by Gasteiger charge is -2.14. The van der Waals surface area contributed by atoms with Gasteiger partial charge in [-0.15, -0.1) is 0 Å². The van der Waals surface area contributed by atoms with Crippen LogP contribution in [0.4, 0.5) is 0 Å². The van der Waals surface area contributed by atoms with E-state index in [9.17, 15) is 14.7 Å². The molecule has 0 bridgehead atoms. The van der Waals surface area contributed by atoms with Crippen LogP contribution in [0.25, 0.3) is 0 Å². The summed E-state index contributed by atoms with van der Waals surface area (Å²) in [6.45, 7) is 4.71. The van der Waals surface area contributed by atoms with Gasteiger partial charge in [-0.1, -0.05) is 19.1 Å². The van der Waals surface area contributed by atoms with E-state index in [-0.39, 0.29) is 18.4 Å². The second kappa shape index (κ2) is 7.29. The molecule has 1 fully saturated rings. The third-order valence-electron chi connectivity index (χ3n) is 4.03. The van der Waals surface area contributed by atoms with Crippen LogP contribution in [-0.2, 0) is 16.0 Å². The van der Waals surface area contributed by atoms with Gasteiger partial charge in [-0.2, -0.15) is 0 Å². The minimum atomic E-state index is -0.891. The van der Waals surface area contributed by atoms with Crippen molar-refractivity contribution in [2.45, 2.75) is 26.7 Å². The molecule has 1 aliphatic rings. The molecule has 2 N–H and O–H groups in total. The van der Waals surface area contributed by atoms with Gasteiger partial charge in [-0.3, -0.25) is 9.59 Å². The van der Waals surface area contributed by atoms with Gasteiger partial charge in [0.1, 0.15) is 5.75 Å².